The number of hydrogen-bond acceptors (Lipinski definition) is 5. The molecule has 1 saturated heterocycles. The minimum atomic E-state index is -0.392. The highest BCUT2D eigenvalue weighted by Crippen LogP contribution is 2.38. The number of hydrogen-bond donors (Lipinski definition) is 0. The van der Waals surface area contributed by atoms with E-state index < -0.39 is 4.92 Å². The molecular weight excluding hydrogens is 361 g/mol. The third-order valence-corrected chi connectivity index (χ3v) is 5.13. The fraction of sp³-hybridized carbons (Fsp3) is 0.238. The van der Waals surface area contributed by atoms with Crippen molar-refractivity contribution < 1.29 is 13.7 Å². The average Bonchev–Trinajstić information content (AvgIpc) is 3.18. The Morgan fingerprint density at radius 2 is 1.79 bits per heavy atom. The monoisotopic (exact) mass is 381 g/mol. The summed E-state index contributed by atoms with van der Waals surface area (Å²) in [5.74, 6) is 0.400. The molecular formula is C21H20FN3O3. The molecule has 2 aromatic carbocycles. The molecule has 28 heavy (non-hydrogen) atoms. The Labute approximate surface area is 161 Å². The highest BCUT2D eigenvalue weighted by atomic mass is 19.1. The lowest BCUT2D eigenvalue weighted by Gasteiger charge is -2.41. The van der Waals surface area contributed by atoms with Crippen LogP contribution in [0.25, 0.3) is 11.3 Å². The van der Waals surface area contributed by atoms with Crippen LogP contribution in [-0.2, 0) is 0 Å². The van der Waals surface area contributed by atoms with Crippen LogP contribution in [0.2, 0.25) is 0 Å². The van der Waals surface area contributed by atoms with E-state index in [0.717, 1.165) is 36.4 Å². The third kappa shape index (κ3) is 3.48. The van der Waals surface area contributed by atoms with Gasteiger partial charge in [-0.1, -0.05) is 12.1 Å². The summed E-state index contributed by atoms with van der Waals surface area (Å²) in [5, 5.41) is 11.0. The number of rotatable bonds is 4. The first-order chi connectivity index (χ1) is 13.5. The van der Waals surface area contributed by atoms with Crippen LogP contribution in [0.15, 0.2) is 65.3 Å². The van der Waals surface area contributed by atoms with Gasteiger partial charge in [0.05, 0.1) is 22.9 Å². The molecule has 0 N–H and O–H groups in total. The molecule has 2 heterocycles. The van der Waals surface area contributed by atoms with Gasteiger partial charge in [0, 0.05) is 43.4 Å². The number of likely N-dealkylation sites (N-methyl/N-ethyl adjacent to an activating group) is 1. The number of non-ortho nitro benzene ring substituents is 1. The largest absolute Gasteiger partial charge is 0.462 e. The van der Waals surface area contributed by atoms with E-state index in [1.165, 1.54) is 12.1 Å². The zero-order valence-corrected chi connectivity index (χ0v) is 15.4. The highest BCUT2D eigenvalue weighted by Gasteiger charge is 2.30. The van der Waals surface area contributed by atoms with Crippen molar-refractivity contribution in [1.29, 1.82) is 0 Å². The van der Waals surface area contributed by atoms with Crippen molar-refractivity contribution in [3.63, 3.8) is 0 Å². The Balaban J connectivity index is 1.70. The van der Waals surface area contributed by atoms with E-state index in [1.54, 1.807) is 30.5 Å². The Morgan fingerprint density at radius 3 is 2.46 bits per heavy atom. The first kappa shape index (κ1) is 18.2. The molecule has 144 valence electrons. The van der Waals surface area contributed by atoms with Gasteiger partial charge in [0.1, 0.15) is 5.82 Å². The number of nitro benzene ring substituents is 1. The Morgan fingerprint density at radius 1 is 1.07 bits per heavy atom. The molecule has 4 rings (SSSR count). The summed E-state index contributed by atoms with van der Waals surface area (Å²) in [6.45, 7) is 2.45. The van der Waals surface area contributed by atoms with Gasteiger partial charge in [0.2, 0.25) is 0 Å². The van der Waals surface area contributed by atoms with E-state index in [4.69, 9.17) is 4.42 Å². The number of anilines is 1. The fourth-order valence-electron chi connectivity index (χ4n) is 3.66. The minimum absolute atomic E-state index is 0.0244. The molecule has 1 aliphatic heterocycles. The molecule has 0 amide bonds. The molecule has 6 nitrogen and oxygen atoms in total. The van der Waals surface area contributed by atoms with Gasteiger partial charge in [-0.25, -0.2) is 4.39 Å². The third-order valence-electron chi connectivity index (χ3n) is 5.13. The number of nitrogens with zero attached hydrogens (tertiary/aromatic N) is 3. The van der Waals surface area contributed by atoms with E-state index in [-0.39, 0.29) is 17.5 Å². The molecule has 1 aliphatic rings. The molecule has 0 aliphatic carbocycles. The molecule has 0 bridgehead atoms. The maximum atomic E-state index is 13.3. The standard InChI is InChI=1S/C21H20FN3O3/c1-23-11-12-24(20(14-23)15-4-8-18(9-5-15)25(26)27)19-10-13-28-21(19)16-2-6-17(22)7-3-16/h2-10,13,20H,11-12,14H2,1H3. The van der Waals surface area contributed by atoms with Gasteiger partial charge in [-0.15, -0.1) is 0 Å². The lowest BCUT2D eigenvalue weighted by Crippen LogP contribution is -2.47. The van der Waals surface area contributed by atoms with E-state index >= 15 is 0 Å². The average molecular weight is 381 g/mol. The van der Waals surface area contributed by atoms with Crippen LogP contribution in [0.3, 0.4) is 0 Å². The van der Waals surface area contributed by atoms with Gasteiger partial charge in [-0.2, -0.15) is 0 Å². The molecule has 1 fully saturated rings. The van der Waals surface area contributed by atoms with Crippen LogP contribution >= 0.6 is 0 Å². The quantitative estimate of drug-likeness (QED) is 0.492. The van der Waals surface area contributed by atoms with Gasteiger partial charge >= 0.3 is 0 Å². The second-order valence-electron chi connectivity index (χ2n) is 6.96. The first-order valence-electron chi connectivity index (χ1n) is 9.06. The van der Waals surface area contributed by atoms with Crippen LogP contribution in [0, 0.1) is 15.9 Å². The molecule has 1 aromatic heterocycles. The number of piperazine rings is 1. The Kier molecular flexibility index (Phi) is 4.83. The summed E-state index contributed by atoms with van der Waals surface area (Å²) >= 11 is 0. The first-order valence-corrected chi connectivity index (χ1v) is 9.06. The summed E-state index contributed by atoms with van der Waals surface area (Å²) < 4.78 is 19.0. The number of nitro groups is 1. The molecule has 7 heteroatoms. The Bertz CT molecular complexity index is 969. The molecule has 1 unspecified atom stereocenters. The summed E-state index contributed by atoms with van der Waals surface area (Å²) in [7, 11) is 2.06. The molecule has 0 saturated carbocycles. The van der Waals surface area contributed by atoms with Crippen molar-refractivity contribution >= 4 is 11.4 Å². The van der Waals surface area contributed by atoms with Crippen LogP contribution in [0.5, 0.6) is 0 Å². The van der Waals surface area contributed by atoms with E-state index in [2.05, 4.69) is 16.8 Å². The lowest BCUT2D eigenvalue weighted by atomic mass is 10.0. The second-order valence-corrected chi connectivity index (χ2v) is 6.96. The molecule has 0 spiro atoms. The Hall–Kier alpha value is -3.19. The van der Waals surface area contributed by atoms with Crippen molar-refractivity contribution in [2.24, 2.45) is 0 Å². The summed E-state index contributed by atoms with van der Waals surface area (Å²) in [5.41, 5.74) is 2.82. The predicted molar refractivity (Wildman–Crippen MR) is 105 cm³/mol. The van der Waals surface area contributed by atoms with Crippen molar-refractivity contribution in [3.8, 4) is 11.3 Å². The summed E-state index contributed by atoms with van der Waals surface area (Å²) in [4.78, 5) is 15.1. The summed E-state index contributed by atoms with van der Waals surface area (Å²) in [6.07, 6.45) is 1.64. The highest BCUT2D eigenvalue weighted by molar-refractivity contribution is 5.74. The molecule has 3 aromatic rings. The maximum Gasteiger partial charge on any atom is 0.269 e. The second kappa shape index (κ2) is 7.44. The maximum absolute atomic E-state index is 13.3. The fourth-order valence-corrected chi connectivity index (χ4v) is 3.66. The van der Waals surface area contributed by atoms with E-state index in [0.29, 0.717) is 5.76 Å². The topological polar surface area (TPSA) is 62.8 Å². The number of benzene rings is 2. The zero-order chi connectivity index (χ0) is 19.7. The van der Waals surface area contributed by atoms with Crippen LogP contribution in [0.4, 0.5) is 15.8 Å². The van der Waals surface area contributed by atoms with Gasteiger partial charge < -0.3 is 14.2 Å². The normalized spacial score (nSPS) is 17.6. The number of furan rings is 1. The smallest absolute Gasteiger partial charge is 0.269 e. The van der Waals surface area contributed by atoms with Crippen molar-refractivity contribution in [3.05, 3.63) is 82.4 Å². The van der Waals surface area contributed by atoms with Crippen LogP contribution in [0.1, 0.15) is 11.6 Å². The number of halogens is 1. The van der Waals surface area contributed by atoms with E-state index in [9.17, 15) is 14.5 Å². The van der Waals surface area contributed by atoms with Gasteiger partial charge in [0.25, 0.3) is 5.69 Å². The van der Waals surface area contributed by atoms with Crippen molar-refractivity contribution in [2.45, 2.75) is 6.04 Å². The predicted octanol–water partition coefficient (Wildman–Crippen LogP) is 4.49. The molecule has 0 radical (unpaired) electrons. The SMILES string of the molecule is CN1CCN(c2ccoc2-c2ccc(F)cc2)C(c2ccc([N+](=O)[O-])cc2)C1. The van der Waals surface area contributed by atoms with Gasteiger partial charge in [-0.05, 0) is 36.9 Å². The van der Waals surface area contributed by atoms with Crippen molar-refractivity contribution in [1.82, 2.24) is 4.90 Å². The lowest BCUT2D eigenvalue weighted by molar-refractivity contribution is -0.384. The summed E-state index contributed by atoms with van der Waals surface area (Å²) in [6, 6.07) is 14.9. The molecule has 1 atom stereocenters. The van der Waals surface area contributed by atoms with Gasteiger partial charge in [-0.3, -0.25) is 10.1 Å². The zero-order valence-electron chi connectivity index (χ0n) is 15.4. The van der Waals surface area contributed by atoms with Crippen LogP contribution in [-0.4, -0.2) is 36.5 Å². The minimum Gasteiger partial charge on any atom is -0.462 e. The van der Waals surface area contributed by atoms with Crippen LogP contribution < -0.4 is 4.90 Å². The van der Waals surface area contributed by atoms with Gasteiger partial charge in [0.15, 0.2) is 5.76 Å². The van der Waals surface area contributed by atoms with E-state index in [1.807, 2.05) is 18.2 Å². The van der Waals surface area contributed by atoms with Crippen molar-refractivity contribution in [2.75, 3.05) is 31.6 Å².